The van der Waals surface area contributed by atoms with E-state index >= 15 is 0 Å². The van der Waals surface area contributed by atoms with Gasteiger partial charge >= 0.3 is 0 Å². The fourth-order valence-electron chi connectivity index (χ4n) is 8.29. The topological polar surface area (TPSA) is 42.4 Å². The molecule has 2 bridgehead atoms. The van der Waals surface area contributed by atoms with E-state index in [-0.39, 0.29) is 28.1 Å². The van der Waals surface area contributed by atoms with E-state index in [0.29, 0.717) is 11.8 Å². The monoisotopic (exact) mass is 746 g/mol. The van der Waals surface area contributed by atoms with E-state index in [1.54, 1.807) is 0 Å². The minimum absolute atomic E-state index is 0. The van der Waals surface area contributed by atoms with E-state index < -0.39 is 14.4 Å². The van der Waals surface area contributed by atoms with Gasteiger partial charge in [0, 0.05) is 47.0 Å². The lowest BCUT2D eigenvalue weighted by Crippen LogP contribution is -3.00. The number of halogens is 1. The first-order chi connectivity index (χ1) is 23.5. The molecule has 0 spiro atoms. The maximum absolute atomic E-state index is 12.4. The molecular formula is C44H51BrN2O2Si. The molecule has 0 saturated carbocycles. The van der Waals surface area contributed by atoms with Gasteiger partial charge in [-0.1, -0.05) is 106 Å². The Morgan fingerprint density at radius 3 is 2.12 bits per heavy atom. The molecule has 5 atom stereocenters. The van der Waals surface area contributed by atoms with Crippen LogP contribution in [-0.2, 0) is 6.54 Å². The van der Waals surface area contributed by atoms with Crippen molar-refractivity contribution in [2.24, 2.45) is 11.8 Å². The zero-order valence-corrected chi connectivity index (χ0v) is 32.7. The molecule has 3 aliphatic heterocycles. The number of aliphatic hydroxyl groups is 1. The maximum atomic E-state index is 12.4. The Labute approximate surface area is 310 Å². The zero-order chi connectivity index (χ0) is 34.4. The number of hydrogen-bond donors (Lipinski definition) is 1. The third-order valence-corrected chi connectivity index (χ3v) is 16.3. The molecule has 8 rings (SSSR count). The van der Waals surface area contributed by atoms with Crippen LogP contribution in [0.25, 0.3) is 33.2 Å². The van der Waals surface area contributed by atoms with Gasteiger partial charge in [-0.05, 0) is 65.0 Å². The fourth-order valence-corrected chi connectivity index (χ4v) is 9.33. The number of nitrogens with zero attached hydrogens (tertiary/aromatic N) is 2. The molecule has 6 heteroatoms. The maximum Gasteiger partial charge on any atom is 0.250 e. The standard InChI is InChI=1S/C44H51N2O2Si.BrH/c1-7-32-30-46(25-23-35(32)28-41(46)42(47)37-22-24-45-40-21-15-14-20-36(37)40)29-31-26-38(33-16-10-8-11-17-33)43(48-49(5,6)44(2,3)4)39(27-31)34-18-12-9-13-19-34;/h7-22,24,26-27,32,35,41-42,47H,1,23,25,28-30H2,2-6H3;1H/q+1;/p-1/t32-,35-,41+,42-,46+;/m0./s1. The third-order valence-electron chi connectivity index (χ3n) is 12.0. The second-order valence-corrected chi connectivity index (χ2v) is 20.7. The summed E-state index contributed by atoms with van der Waals surface area (Å²) >= 11 is 0. The van der Waals surface area contributed by atoms with E-state index in [9.17, 15) is 5.11 Å². The van der Waals surface area contributed by atoms with Gasteiger partial charge in [0.15, 0.2) is 0 Å². The SMILES string of the molecule is C=C[C@H]1C[N@+]2(Cc3cc(-c4ccccc4)c(O[Si](C)(C)C(C)(C)C)c(-c4ccccc4)c3)CC[C@H]1C[C@@H]2[C@@H](O)c1ccnc2ccccc12.[Br-]. The van der Waals surface area contributed by atoms with Crippen molar-refractivity contribution in [3.05, 3.63) is 133 Å². The predicted molar refractivity (Wildman–Crippen MR) is 206 cm³/mol. The largest absolute Gasteiger partial charge is 1.00 e. The normalized spacial score (nSPS) is 22.5. The molecule has 3 fully saturated rings. The van der Waals surface area contributed by atoms with Crippen LogP contribution in [0.3, 0.4) is 0 Å². The van der Waals surface area contributed by atoms with Crippen molar-refractivity contribution in [2.45, 2.75) is 70.4 Å². The lowest BCUT2D eigenvalue weighted by atomic mass is 9.71. The van der Waals surface area contributed by atoms with Crippen molar-refractivity contribution >= 4 is 19.2 Å². The third kappa shape index (κ3) is 6.75. The quantitative estimate of drug-likeness (QED) is 0.0961. The minimum Gasteiger partial charge on any atom is -1.00 e. The van der Waals surface area contributed by atoms with Gasteiger partial charge in [0.25, 0.3) is 8.32 Å². The molecule has 260 valence electrons. The van der Waals surface area contributed by atoms with Crippen LogP contribution in [0.5, 0.6) is 5.75 Å². The average molecular weight is 748 g/mol. The summed E-state index contributed by atoms with van der Waals surface area (Å²) in [5.74, 6) is 1.97. The Hall–Kier alpha value is -3.55. The molecule has 50 heavy (non-hydrogen) atoms. The van der Waals surface area contributed by atoms with Crippen LogP contribution < -0.4 is 21.4 Å². The number of quaternary nitrogens is 1. The first kappa shape index (κ1) is 36.2. The molecule has 1 aromatic heterocycles. The molecule has 0 aliphatic carbocycles. The number of piperidine rings is 3. The van der Waals surface area contributed by atoms with Gasteiger partial charge in [-0.2, -0.15) is 0 Å². The highest BCUT2D eigenvalue weighted by molar-refractivity contribution is 6.74. The number of aromatic nitrogens is 1. The molecule has 0 radical (unpaired) electrons. The number of para-hydroxylation sites is 1. The molecule has 0 amide bonds. The summed E-state index contributed by atoms with van der Waals surface area (Å²) in [5.41, 5.74) is 7.81. The molecule has 4 heterocycles. The molecule has 0 unspecified atom stereocenters. The van der Waals surface area contributed by atoms with Crippen LogP contribution in [0, 0.1) is 11.8 Å². The first-order valence-electron chi connectivity index (χ1n) is 18.0. The molecular weight excluding hydrogens is 696 g/mol. The van der Waals surface area contributed by atoms with Crippen LogP contribution >= 0.6 is 0 Å². The average Bonchev–Trinajstić information content (AvgIpc) is 3.11. The predicted octanol–water partition coefficient (Wildman–Crippen LogP) is 7.60. The van der Waals surface area contributed by atoms with Gasteiger partial charge in [-0.3, -0.25) is 4.98 Å². The summed E-state index contributed by atoms with van der Waals surface area (Å²) in [6.07, 6.45) is 5.58. The van der Waals surface area contributed by atoms with Gasteiger partial charge in [-0.25, -0.2) is 0 Å². The summed E-state index contributed by atoms with van der Waals surface area (Å²) in [7, 11) is -2.20. The number of aliphatic hydroxyl groups excluding tert-OH is 1. The van der Waals surface area contributed by atoms with E-state index in [4.69, 9.17) is 4.43 Å². The highest BCUT2D eigenvalue weighted by Gasteiger charge is 2.54. The van der Waals surface area contributed by atoms with Gasteiger partial charge in [0.2, 0.25) is 0 Å². The number of fused-ring (bicyclic) bond motifs is 4. The fraction of sp³-hybridized carbons (Fsp3) is 0.341. The van der Waals surface area contributed by atoms with E-state index in [2.05, 4.69) is 136 Å². The van der Waals surface area contributed by atoms with Crippen molar-refractivity contribution in [3.63, 3.8) is 0 Å². The Morgan fingerprint density at radius 1 is 0.920 bits per heavy atom. The molecule has 1 N–H and O–H groups in total. The Bertz CT molecular complexity index is 1890. The highest BCUT2D eigenvalue weighted by Crippen LogP contribution is 2.50. The van der Waals surface area contributed by atoms with Crippen LogP contribution in [0.4, 0.5) is 0 Å². The van der Waals surface area contributed by atoms with Crippen molar-refractivity contribution < 1.29 is 31.0 Å². The summed E-state index contributed by atoms with van der Waals surface area (Å²) in [4.78, 5) is 4.61. The smallest absolute Gasteiger partial charge is 0.250 e. The van der Waals surface area contributed by atoms with Crippen LogP contribution in [-0.4, -0.2) is 42.0 Å². The van der Waals surface area contributed by atoms with Crippen LogP contribution in [0.1, 0.15) is 50.8 Å². The minimum atomic E-state index is -2.20. The van der Waals surface area contributed by atoms with Gasteiger partial charge < -0.3 is 31.0 Å². The molecule has 3 aliphatic rings. The number of benzene rings is 4. The highest BCUT2D eigenvalue weighted by atomic mass is 79.9. The van der Waals surface area contributed by atoms with E-state index in [1.165, 1.54) is 5.56 Å². The zero-order valence-electron chi connectivity index (χ0n) is 30.1. The van der Waals surface area contributed by atoms with Crippen LogP contribution in [0.2, 0.25) is 18.1 Å². The summed E-state index contributed by atoms with van der Waals surface area (Å²) in [5, 5.41) is 13.5. The van der Waals surface area contributed by atoms with E-state index in [0.717, 1.165) is 81.4 Å². The summed E-state index contributed by atoms with van der Waals surface area (Å²) in [6, 6.07) is 36.6. The van der Waals surface area contributed by atoms with Gasteiger partial charge in [0.1, 0.15) is 24.4 Å². The molecule has 5 aromatic rings. The molecule has 3 saturated heterocycles. The lowest BCUT2D eigenvalue weighted by molar-refractivity contribution is -0.984. The van der Waals surface area contributed by atoms with Crippen molar-refractivity contribution in [2.75, 3.05) is 13.1 Å². The Balaban J connectivity index is 0.00000432. The second-order valence-electron chi connectivity index (χ2n) is 16.0. The number of hydrogen-bond acceptors (Lipinski definition) is 3. The Morgan fingerprint density at radius 2 is 1.52 bits per heavy atom. The molecule has 4 nitrogen and oxygen atoms in total. The second kappa shape index (κ2) is 14.2. The lowest BCUT2D eigenvalue weighted by Gasteiger charge is -2.58. The van der Waals surface area contributed by atoms with Crippen molar-refractivity contribution in [1.29, 1.82) is 0 Å². The number of pyridine rings is 1. The summed E-state index contributed by atoms with van der Waals surface area (Å²) in [6.45, 7) is 18.8. The Kier molecular flexibility index (Phi) is 10.3. The van der Waals surface area contributed by atoms with E-state index in [1.807, 2.05) is 24.4 Å². The van der Waals surface area contributed by atoms with Gasteiger partial charge in [-0.15, -0.1) is 6.58 Å². The van der Waals surface area contributed by atoms with Crippen LogP contribution in [0.15, 0.2) is 122 Å². The first-order valence-corrected chi connectivity index (χ1v) is 20.9. The number of rotatable bonds is 9. The van der Waals surface area contributed by atoms with Crippen molar-refractivity contribution in [1.82, 2.24) is 4.98 Å². The van der Waals surface area contributed by atoms with Gasteiger partial charge in [0.05, 0.1) is 18.6 Å². The van der Waals surface area contributed by atoms with Crippen molar-refractivity contribution in [3.8, 4) is 28.0 Å². The summed E-state index contributed by atoms with van der Waals surface area (Å²) < 4.78 is 8.15. The molecule has 4 aromatic carbocycles.